The lowest BCUT2D eigenvalue weighted by molar-refractivity contribution is 0.0696. The second kappa shape index (κ2) is 7.77. The predicted octanol–water partition coefficient (Wildman–Crippen LogP) is 2.52. The lowest BCUT2D eigenvalue weighted by atomic mass is 10.1. The number of carboxylic acids is 1. The van der Waals surface area contributed by atoms with Crippen molar-refractivity contribution in [3.05, 3.63) is 52.8 Å². The molecular weight excluding hydrogens is 306 g/mol. The van der Waals surface area contributed by atoms with Gasteiger partial charge in [0, 0.05) is 18.8 Å². The first-order valence-electron chi connectivity index (χ1n) is 8.01. The number of amides is 1. The van der Waals surface area contributed by atoms with Crippen LogP contribution in [0.4, 0.5) is 0 Å². The second-order valence-corrected chi connectivity index (χ2v) is 6.23. The normalized spacial score (nSPS) is 10.8. The maximum atomic E-state index is 12.3. The molecule has 1 aromatic carbocycles. The smallest absolute Gasteiger partial charge is 0.335 e. The van der Waals surface area contributed by atoms with E-state index in [0.717, 1.165) is 17.8 Å². The van der Waals surface area contributed by atoms with E-state index in [1.807, 2.05) is 11.6 Å². The van der Waals surface area contributed by atoms with Gasteiger partial charge in [-0.25, -0.2) is 4.79 Å². The Morgan fingerprint density at radius 3 is 2.50 bits per heavy atom. The molecule has 1 amide bonds. The summed E-state index contributed by atoms with van der Waals surface area (Å²) >= 11 is 0. The fourth-order valence-electron chi connectivity index (χ4n) is 2.43. The molecule has 2 aromatic rings. The zero-order chi connectivity index (χ0) is 17.7. The third-order valence-electron chi connectivity index (χ3n) is 3.79. The van der Waals surface area contributed by atoms with Gasteiger partial charge in [-0.05, 0) is 37.0 Å². The van der Waals surface area contributed by atoms with Crippen LogP contribution in [0.1, 0.15) is 45.8 Å². The fraction of sp³-hybridized carbons (Fsp3) is 0.389. The molecule has 0 spiro atoms. The summed E-state index contributed by atoms with van der Waals surface area (Å²) < 4.78 is 1.85. The molecule has 0 saturated heterocycles. The first-order chi connectivity index (χ1) is 11.4. The molecule has 128 valence electrons. The average Bonchev–Trinajstić information content (AvgIpc) is 2.88. The van der Waals surface area contributed by atoms with Crippen molar-refractivity contribution in [2.45, 2.75) is 33.7 Å². The Bertz CT molecular complexity index is 718. The van der Waals surface area contributed by atoms with E-state index in [9.17, 15) is 9.59 Å². The quantitative estimate of drug-likeness (QED) is 0.817. The number of benzene rings is 1. The molecule has 1 aromatic heterocycles. The van der Waals surface area contributed by atoms with Gasteiger partial charge in [-0.15, -0.1) is 0 Å². The van der Waals surface area contributed by atoms with Crippen LogP contribution in [0, 0.1) is 12.8 Å². The van der Waals surface area contributed by atoms with Crippen molar-refractivity contribution >= 4 is 11.9 Å². The summed E-state index contributed by atoms with van der Waals surface area (Å²) in [5.74, 6) is -0.610. The van der Waals surface area contributed by atoms with Crippen molar-refractivity contribution < 1.29 is 14.7 Å². The van der Waals surface area contributed by atoms with Crippen molar-refractivity contribution in [3.8, 4) is 0 Å². The third-order valence-corrected chi connectivity index (χ3v) is 3.79. The van der Waals surface area contributed by atoms with Crippen LogP contribution in [-0.4, -0.2) is 33.3 Å². The average molecular weight is 329 g/mol. The molecule has 0 radical (unpaired) electrons. The van der Waals surface area contributed by atoms with Gasteiger partial charge in [-0.1, -0.05) is 26.0 Å². The second-order valence-electron chi connectivity index (χ2n) is 6.23. The molecule has 0 fully saturated rings. The van der Waals surface area contributed by atoms with Crippen LogP contribution in [0.3, 0.4) is 0 Å². The van der Waals surface area contributed by atoms with E-state index in [-0.39, 0.29) is 11.5 Å². The van der Waals surface area contributed by atoms with Gasteiger partial charge in [0.1, 0.15) is 0 Å². The van der Waals surface area contributed by atoms with Crippen LogP contribution in [-0.2, 0) is 13.0 Å². The first kappa shape index (κ1) is 17.7. The Kier molecular flexibility index (Phi) is 5.73. The highest BCUT2D eigenvalue weighted by Crippen LogP contribution is 2.10. The summed E-state index contributed by atoms with van der Waals surface area (Å²) in [4.78, 5) is 23.1. The summed E-state index contributed by atoms with van der Waals surface area (Å²) in [5, 5.41) is 16.0. The maximum Gasteiger partial charge on any atom is 0.335 e. The van der Waals surface area contributed by atoms with Gasteiger partial charge < -0.3 is 10.4 Å². The van der Waals surface area contributed by atoms with Gasteiger partial charge >= 0.3 is 5.97 Å². The molecule has 24 heavy (non-hydrogen) atoms. The first-order valence-corrected chi connectivity index (χ1v) is 8.01. The van der Waals surface area contributed by atoms with Gasteiger partial charge in [0.05, 0.1) is 17.3 Å². The van der Waals surface area contributed by atoms with Crippen LogP contribution < -0.4 is 5.32 Å². The maximum absolute atomic E-state index is 12.3. The Hall–Kier alpha value is -2.63. The number of aromatic carboxylic acids is 1. The van der Waals surface area contributed by atoms with Gasteiger partial charge in [-0.3, -0.25) is 9.48 Å². The molecule has 6 nitrogen and oxygen atoms in total. The molecule has 0 bridgehead atoms. The van der Waals surface area contributed by atoms with E-state index in [4.69, 9.17) is 5.11 Å². The lowest BCUT2D eigenvalue weighted by Gasteiger charge is -2.08. The summed E-state index contributed by atoms with van der Waals surface area (Å²) in [6, 6.07) is 6.67. The third kappa shape index (κ3) is 4.44. The van der Waals surface area contributed by atoms with Gasteiger partial charge in [0.25, 0.3) is 5.91 Å². The highest BCUT2D eigenvalue weighted by molar-refractivity contribution is 5.95. The SMILES string of the molecule is Cc1c(C(=O)NCCc2ccc(C(=O)O)cc2)cnn1CC(C)C. The molecule has 6 heteroatoms. The van der Waals surface area contributed by atoms with Gasteiger partial charge in [-0.2, -0.15) is 5.10 Å². The highest BCUT2D eigenvalue weighted by Gasteiger charge is 2.14. The van der Waals surface area contributed by atoms with E-state index in [0.29, 0.717) is 24.4 Å². The largest absolute Gasteiger partial charge is 0.478 e. The van der Waals surface area contributed by atoms with E-state index in [2.05, 4.69) is 24.3 Å². The minimum Gasteiger partial charge on any atom is -0.478 e. The summed E-state index contributed by atoms with van der Waals surface area (Å²) in [7, 11) is 0. The number of carboxylic acid groups (broad SMARTS) is 1. The zero-order valence-corrected chi connectivity index (χ0v) is 14.2. The van der Waals surface area contributed by atoms with Crippen molar-refractivity contribution in [2.75, 3.05) is 6.54 Å². The minimum atomic E-state index is -0.941. The van der Waals surface area contributed by atoms with Crippen molar-refractivity contribution in [1.29, 1.82) is 0 Å². The zero-order valence-electron chi connectivity index (χ0n) is 14.2. The molecule has 0 aliphatic heterocycles. The van der Waals surface area contributed by atoms with Gasteiger partial charge in [0.15, 0.2) is 0 Å². The Balaban J connectivity index is 1.89. The van der Waals surface area contributed by atoms with E-state index in [1.54, 1.807) is 30.5 Å². The summed E-state index contributed by atoms with van der Waals surface area (Å²) in [5.41, 5.74) is 2.70. The van der Waals surface area contributed by atoms with E-state index < -0.39 is 5.97 Å². The van der Waals surface area contributed by atoms with Crippen LogP contribution in [0.15, 0.2) is 30.5 Å². The predicted molar refractivity (Wildman–Crippen MR) is 91.2 cm³/mol. The van der Waals surface area contributed by atoms with Crippen molar-refractivity contribution in [2.24, 2.45) is 5.92 Å². The highest BCUT2D eigenvalue weighted by atomic mass is 16.4. The van der Waals surface area contributed by atoms with Gasteiger partial charge in [0.2, 0.25) is 0 Å². The molecule has 0 saturated carbocycles. The van der Waals surface area contributed by atoms with Crippen LogP contribution in [0.25, 0.3) is 0 Å². The Labute approximate surface area is 141 Å². The molecule has 0 atom stereocenters. The number of carbonyl (C=O) groups excluding carboxylic acids is 1. The standard InChI is InChI=1S/C18H23N3O3/c1-12(2)11-21-13(3)16(10-20-21)17(22)19-9-8-14-4-6-15(7-5-14)18(23)24/h4-7,10,12H,8-9,11H2,1-3H3,(H,19,22)(H,23,24). The molecule has 0 aliphatic carbocycles. The monoisotopic (exact) mass is 329 g/mol. The van der Waals surface area contributed by atoms with E-state index in [1.165, 1.54) is 0 Å². The van der Waals surface area contributed by atoms with Crippen molar-refractivity contribution in [1.82, 2.24) is 15.1 Å². The number of carbonyl (C=O) groups is 2. The van der Waals surface area contributed by atoms with Crippen LogP contribution >= 0.6 is 0 Å². The molecular formula is C18H23N3O3. The number of hydrogen-bond acceptors (Lipinski definition) is 3. The molecule has 2 rings (SSSR count). The molecule has 0 unspecified atom stereocenters. The van der Waals surface area contributed by atoms with E-state index >= 15 is 0 Å². The number of hydrogen-bond donors (Lipinski definition) is 2. The number of nitrogens with one attached hydrogen (secondary N) is 1. The number of aromatic nitrogens is 2. The Morgan fingerprint density at radius 2 is 1.92 bits per heavy atom. The summed E-state index contributed by atoms with van der Waals surface area (Å²) in [6.07, 6.45) is 2.25. The molecule has 2 N–H and O–H groups in total. The molecule has 0 aliphatic rings. The Morgan fingerprint density at radius 1 is 1.25 bits per heavy atom. The fourth-order valence-corrected chi connectivity index (χ4v) is 2.43. The lowest BCUT2D eigenvalue weighted by Crippen LogP contribution is -2.26. The summed E-state index contributed by atoms with van der Waals surface area (Å²) in [6.45, 7) is 7.39. The van der Waals surface area contributed by atoms with Crippen LogP contribution in [0.5, 0.6) is 0 Å². The number of rotatable bonds is 7. The molecule has 1 heterocycles. The topological polar surface area (TPSA) is 84.2 Å². The van der Waals surface area contributed by atoms with Crippen LogP contribution in [0.2, 0.25) is 0 Å². The van der Waals surface area contributed by atoms with Crippen molar-refractivity contribution in [3.63, 3.8) is 0 Å². The number of nitrogens with zero attached hydrogens (tertiary/aromatic N) is 2. The minimum absolute atomic E-state index is 0.135.